The largest absolute Gasteiger partial charge is 0.383 e. The Morgan fingerprint density at radius 2 is 1.87 bits per heavy atom. The molecule has 0 fully saturated rings. The molecule has 2 aromatic heterocycles. The van der Waals surface area contributed by atoms with Crippen molar-refractivity contribution >= 4 is 11.4 Å². The van der Waals surface area contributed by atoms with Crippen molar-refractivity contribution in [2.75, 3.05) is 5.73 Å². The first-order valence-corrected chi connectivity index (χ1v) is 8.15. The second-order valence-corrected chi connectivity index (χ2v) is 8.28. The lowest BCUT2D eigenvalue weighted by molar-refractivity contribution is 0.229. The van der Waals surface area contributed by atoms with E-state index >= 15 is 0 Å². The molecule has 1 aliphatic carbocycles. The molecule has 2 N–H and O–H groups in total. The first kappa shape index (κ1) is 15.8. The van der Waals surface area contributed by atoms with E-state index in [0.29, 0.717) is 5.82 Å². The van der Waals surface area contributed by atoms with Crippen molar-refractivity contribution in [3.63, 3.8) is 0 Å². The maximum atomic E-state index is 6.46. The molecule has 0 radical (unpaired) electrons. The summed E-state index contributed by atoms with van der Waals surface area (Å²) in [6.07, 6.45) is 6.48. The van der Waals surface area contributed by atoms with Gasteiger partial charge in [-0.2, -0.15) is 14.9 Å². The zero-order chi connectivity index (χ0) is 17.0. The van der Waals surface area contributed by atoms with Crippen LogP contribution < -0.4 is 5.73 Å². The summed E-state index contributed by atoms with van der Waals surface area (Å²) in [6.45, 7) is 11.3. The average Bonchev–Trinajstić information content (AvgIpc) is 2.89. The second-order valence-electron chi connectivity index (χ2n) is 8.28. The summed E-state index contributed by atoms with van der Waals surface area (Å²) >= 11 is 0. The van der Waals surface area contributed by atoms with Crippen molar-refractivity contribution in [2.24, 2.45) is 17.9 Å². The molecule has 0 amide bonds. The third kappa shape index (κ3) is 2.92. The van der Waals surface area contributed by atoms with Crippen LogP contribution >= 0.6 is 0 Å². The summed E-state index contributed by atoms with van der Waals surface area (Å²) in [5.41, 5.74) is 10.3. The molecule has 0 aliphatic heterocycles. The third-order valence-electron chi connectivity index (χ3n) is 4.50. The topological polar surface area (TPSA) is 61.7 Å². The second kappa shape index (κ2) is 4.98. The highest BCUT2D eigenvalue weighted by Crippen LogP contribution is 2.48. The van der Waals surface area contributed by atoms with E-state index < -0.39 is 0 Å². The van der Waals surface area contributed by atoms with Gasteiger partial charge in [-0.1, -0.05) is 33.8 Å². The predicted octanol–water partition coefficient (Wildman–Crippen LogP) is 3.73. The molecule has 0 saturated carbocycles. The number of rotatable bonds is 2. The van der Waals surface area contributed by atoms with Crippen molar-refractivity contribution in [1.29, 1.82) is 0 Å². The van der Waals surface area contributed by atoms with Gasteiger partial charge in [0.15, 0.2) is 5.82 Å². The van der Waals surface area contributed by atoms with Crippen molar-refractivity contribution in [2.45, 2.75) is 47.5 Å². The number of nitrogens with zero attached hydrogens (tertiary/aromatic N) is 4. The van der Waals surface area contributed by atoms with E-state index in [0.717, 1.165) is 23.5 Å². The van der Waals surface area contributed by atoms with Gasteiger partial charge in [0.2, 0.25) is 0 Å². The Morgan fingerprint density at radius 3 is 2.43 bits per heavy atom. The highest BCUT2D eigenvalue weighted by molar-refractivity contribution is 5.77. The summed E-state index contributed by atoms with van der Waals surface area (Å²) in [6, 6.07) is 1.93. The number of nitrogens with two attached hydrogens (primary N) is 1. The quantitative estimate of drug-likeness (QED) is 0.919. The fraction of sp³-hybridized carbons (Fsp3) is 0.556. The zero-order valence-corrected chi connectivity index (χ0v) is 15.0. The highest BCUT2D eigenvalue weighted by atomic mass is 15.4. The van der Waals surface area contributed by atoms with Crippen molar-refractivity contribution < 1.29 is 0 Å². The molecule has 0 bridgehead atoms. The molecule has 0 aromatic carbocycles. The van der Waals surface area contributed by atoms with Crippen molar-refractivity contribution in [1.82, 2.24) is 19.6 Å². The van der Waals surface area contributed by atoms with Gasteiger partial charge in [-0.3, -0.25) is 4.68 Å². The van der Waals surface area contributed by atoms with Crippen molar-refractivity contribution in [3.8, 4) is 5.82 Å². The molecule has 2 heterocycles. The van der Waals surface area contributed by atoms with Crippen LogP contribution in [0, 0.1) is 17.8 Å². The van der Waals surface area contributed by atoms with Gasteiger partial charge in [-0.05, 0) is 36.2 Å². The lowest BCUT2D eigenvalue weighted by Crippen LogP contribution is -2.27. The summed E-state index contributed by atoms with van der Waals surface area (Å²) in [5.74, 6) is 1.44. The number of nitrogen functional groups attached to an aromatic ring is 1. The molecule has 1 aliphatic rings. The predicted molar refractivity (Wildman–Crippen MR) is 94.3 cm³/mol. The van der Waals surface area contributed by atoms with Gasteiger partial charge < -0.3 is 5.73 Å². The maximum Gasteiger partial charge on any atom is 0.177 e. The number of aryl methyl sites for hydroxylation is 2. The van der Waals surface area contributed by atoms with Gasteiger partial charge in [0, 0.05) is 24.9 Å². The molecule has 0 atom stereocenters. The standard InChI is InChI=1S/C18H27N5/c1-12-15(13-9-17(2,3)11-18(4,5)10-13)16(19)23(20-12)14-7-8-22(6)21-14/h7-9H,10-11,19H2,1-6H3. The van der Waals surface area contributed by atoms with E-state index in [9.17, 15) is 0 Å². The normalized spacial score (nSPS) is 19.7. The Kier molecular flexibility index (Phi) is 3.43. The number of allylic oxidation sites excluding steroid dienone is 2. The summed E-state index contributed by atoms with van der Waals surface area (Å²) < 4.78 is 3.51. The van der Waals surface area contributed by atoms with Crippen LogP contribution in [0.25, 0.3) is 11.4 Å². The Bertz CT molecular complexity index is 773. The van der Waals surface area contributed by atoms with Crippen molar-refractivity contribution in [3.05, 3.63) is 29.6 Å². The Morgan fingerprint density at radius 1 is 1.17 bits per heavy atom. The molecule has 3 rings (SSSR count). The van der Waals surface area contributed by atoms with Gasteiger partial charge in [-0.15, -0.1) is 0 Å². The van der Waals surface area contributed by atoms with Crippen LogP contribution in [0.15, 0.2) is 18.3 Å². The first-order chi connectivity index (χ1) is 10.6. The number of hydrogen-bond donors (Lipinski definition) is 1. The van der Waals surface area contributed by atoms with Crippen LogP contribution in [0.2, 0.25) is 0 Å². The molecule has 5 nitrogen and oxygen atoms in total. The average molecular weight is 313 g/mol. The van der Waals surface area contributed by atoms with Crippen LogP contribution in [0.5, 0.6) is 0 Å². The van der Waals surface area contributed by atoms with Crippen LogP contribution in [0.3, 0.4) is 0 Å². The minimum Gasteiger partial charge on any atom is -0.383 e. The van der Waals surface area contributed by atoms with Crippen LogP contribution in [0.4, 0.5) is 5.82 Å². The van der Waals surface area contributed by atoms with Crippen LogP contribution in [0.1, 0.15) is 51.8 Å². The lowest BCUT2D eigenvalue weighted by Gasteiger charge is -2.39. The molecule has 0 unspecified atom stereocenters. The van der Waals surface area contributed by atoms with Gasteiger partial charge >= 0.3 is 0 Å². The molecular formula is C18H27N5. The van der Waals surface area contributed by atoms with E-state index in [4.69, 9.17) is 5.73 Å². The number of anilines is 1. The smallest absolute Gasteiger partial charge is 0.177 e. The molecule has 0 saturated heterocycles. The lowest BCUT2D eigenvalue weighted by atomic mass is 9.66. The maximum absolute atomic E-state index is 6.46. The van der Waals surface area contributed by atoms with E-state index in [1.165, 1.54) is 12.0 Å². The van der Waals surface area contributed by atoms with Crippen LogP contribution in [-0.4, -0.2) is 19.6 Å². The summed E-state index contributed by atoms with van der Waals surface area (Å²) in [7, 11) is 1.89. The third-order valence-corrected chi connectivity index (χ3v) is 4.50. The Hall–Kier alpha value is -2.04. The molecule has 5 heteroatoms. The van der Waals surface area contributed by atoms with Gasteiger partial charge in [0.25, 0.3) is 0 Å². The highest BCUT2D eigenvalue weighted by Gasteiger charge is 2.35. The molecule has 23 heavy (non-hydrogen) atoms. The number of hydrogen-bond acceptors (Lipinski definition) is 3. The van der Waals surface area contributed by atoms with E-state index in [1.807, 2.05) is 26.2 Å². The van der Waals surface area contributed by atoms with E-state index in [1.54, 1.807) is 9.36 Å². The monoisotopic (exact) mass is 313 g/mol. The summed E-state index contributed by atoms with van der Waals surface area (Å²) in [4.78, 5) is 0. The minimum atomic E-state index is 0.170. The molecule has 2 aromatic rings. The number of aromatic nitrogens is 4. The SMILES string of the molecule is Cc1nn(-c2ccn(C)n2)c(N)c1C1=CC(C)(C)CC(C)(C)C1. The van der Waals surface area contributed by atoms with Gasteiger partial charge in [-0.25, -0.2) is 0 Å². The Labute approximate surface area is 138 Å². The molecular weight excluding hydrogens is 286 g/mol. The van der Waals surface area contributed by atoms with Gasteiger partial charge in [0.1, 0.15) is 5.82 Å². The first-order valence-electron chi connectivity index (χ1n) is 8.15. The van der Waals surface area contributed by atoms with E-state index in [2.05, 4.69) is 44.0 Å². The fourth-order valence-corrected chi connectivity index (χ4v) is 4.18. The molecule has 0 spiro atoms. The Balaban J connectivity index is 2.11. The fourth-order valence-electron chi connectivity index (χ4n) is 4.18. The van der Waals surface area contributed by atoms with Gasteiger partial charge in [0.05, 0.1) is 5.69 Å². The summed E-state index contributed by atoms with van der Waals surface area (Å²) in [5, 5.41) is 9.06. The minimum absolute atomic E-state index is 0.170. The zero-order valence-electron chi connectivity index (χ0n) is 15.0. The molecule has 124 valence electrons. The van der Waals surface area contributed by atoms with Crippen LogP contribution in [-0.2, 0) is 7.05 Å². The van der Waals surface area contributed by atoms with E-state index in [-0.39, 0.29) is 10.8 Å².